The summed E-state index contributed by atoms with van der Waals surface area (Å²) in [5.41, 5.74) is 4.15. The molecule has 2 aromatic rings. The molecule has 0 aliphatic carbocycles. The number of carbonyl (C=O) groups excluding carboxylic acids is 1. The van der Waals surface area contributed by atoms with Gasteiger partial charge in [-0.1, -0.05) is 35.9 Å². The maximum absolute atomic E-state index is 12.6. The van der Waals surface area contributed by atoms with E-state index in [9.17, 15) is 4.79 Å². The van der Waals surface area contributed by atoms with E-state index in [1.807, 2.05) is 55.7 Å². The average Bonchev–Trinajstić information content (AvgIpc) is 2.56. The summed E-state index contributed by atoms with van der Waals surface area (Å²) in [4.78, 5) is 19.1. The lowest BCUT2D eigenvalue weighted by molar-refractivity contribution is 0.103. The van der Waals surface area contributed by atoms with Gasteiger partial charge >= 0.3 is 0 Å². The Bertz CT molecular complexity index is 689. The molecular weight excluding hydrogens is 284 g/mol. The van der Waals surface area contributed by atoms with Gasteiger partial charge in [0, 0.05) is 36.7 Å². The molecule has 0 saturated heterocycles. The number of aryl methyl sites for hydroxylation is 1. The number of rotatable bonds is 3. The number of anilines is 1. The lowest BCUT2D eigenvalue weighted by Crippen LogP contribution is -2.27. The molecule has 0 atom stereocenters. The highest BCUT2D eigenvalue weighted by Gasteiger charge is 2.15. The first kappa shape index (κ1) is 15.5. The molecule has 0 amide bonds. The van der Waals surface area contributed by atoms with Gasteiger partial charge in [-0.25, -0.2) is 0 Å². The van der Waals surface area contributed by atoms with Gasteiger partial charge in [0.25, 0.3) is 0 Å². The molecule has 0 bridgehead atoms. The molecule has 0 fully saturated rings. The number of benzene rings is 1. The molecule has 3 nitrogen and oxygen atoms in total. The molecule has 1 aliphatic rings. The number of aromatic nitrogens is 1. The van der Waals surface area contributed by atoms with Crippen LogP contribution >= 0.6 is 0 Å². The number of nitrogens with zero attached hydrogens (tertiary/aromatic N) is 2. The number of allylic oxidation sites excluding steroid dienone is 1. The molecule has 3 rings (SSSR count). The summed E-state index contributed by atoms with van der Waals surface area (Å²) in [5.74, 6) is 0.183. The molecule has 0 radical (unpaired) electrons. The van der Waals surface area contributed by atoms with E-state index in [-0.39, 0.29) is 5.78 Å². The number of hydrogen-bond donors (Lipinski definition) is 0. The van der Waals surface area contributed by atoms with Crippen LogP contribution in [0.3, 0.4) is 0 Å². The van der Waals surface area contributed by atoms with Gasteiger partial charge in [-0.2, -0.15) is 0 Å². The van der Waals surface area contributed by atoms with E-state index in [0.717, 1.165) is 43.5 Å². The minimum atomic E-state index is 0.183. The Morgan fingerprint density at radius 1 is 1.04 bits per heavy atom. The summed E-state index contributed by atoms with van der Waals surface area (Å²) in [7, 11) is 0. The highest BCUT2D eigenvalue weighted by Crippen LogP contribution is 2.21. The monoisotopic (exact) mass is 306 g/mol. The third-order valence-corrected chi connectivity index (χ3v) is 4.30. The lowest BCUT2D eigenvalue weighted by atomic mass is 9.96. The van der Waals surface area contributed by atoms with Gasteiger partial charge in [0.1, 0.15) is 0 Å². The molecule has 1 aromatic heterocycles. The lowest BCUT2D eigenvalue weighted by Gasteiger charge is -2.26. The van der Waals surface area contributed by atoms with Gasteiger partial charge in [0.2, 0.25) is 0 Å². The molecule has 118 valence electrons. The van der Waals surface area contributed by atoms with E-state index in [1.165, 1.54) is 11.3 Å². The molecule has 0 saturated carbocycles. The topological polar surface area (TPSA) is 33.2 Å². The summed E-state index contributed by atoms with van der Waals surface area (Å²) in [5, 5.41) is 0. The minimum absolute atomic E-state index is 0.183. The van der Waals surface area contributed by atoms with Crippen molar-refractivity contribution in [1.82, 2.24) is 4.98 Å². The Labute approximate surface area is 137 Å². The predicted octanol–water partition coefficient (Wildman–Crippen LogP) is 4.19. The molecular formula is C20H22N2O. The average molecular weight is 306 g/mol. The van der Waals surface area contributed by atoms with Gasteiger partial charge in [-0.3, -0.25) is 9.78 Å². The zero-order valence-corrected chi connectivity index (χ0v) is 13.5. The van der Waals surface area contributed by atoms with Crippen molar-refractivity contribution in [2.24, 2.45) is 0 Å². The van der Waals surface area contributed by atoms with E-state index in [2.05, 4.69) is 16.0 Å². The van der Waals surface area contributed by atoms with Gasteiger partial charge < -0.3 is 4.90 Å². The van der Waals surface area contributed by atoms with Crippen LogP contribution in [0.25, 0.3) is 0 Å². The fourth-order valence-electron chi connectivity index (χ4n) is 2.98. The van der Waals surface area contributed by atoms with Crippen molar-refractivity contribution in [1.29, 1.82) is 0 Å². The number of ketones is 1. The van der Waals surface area contributed by atoms with Gasteiger partial charge in [-0.05, 0) is 43.9 Å². The van der Waals surface area contributed by atoms with E-state index >= 15 is 0 Å². The number of hydrogen-bond acceptors (Lipinski definition) is 3. The fourth-order valence-corrected chi connectivity index (χ4v) is 2.98. The van der Waals surface area contributed by atoms with E-state index in [0.29, 0.717) is 0 Å². The highest BCUT2D eigenvalue weighted by molar-refractivity contribution is 6.08. The fraction of sp³-hybridized carbons (Fsp3) is 0.300. The second-order valence-corrected chi connectivity index (χ2v) is 6.01. The van der Waals surface area contributed by atoms with Gasteiger partial charge in [-0.15, -0.1) is 0 Å². The Balaban J connectivity index is 1.69. The number of Topliss-reactive ketones (excluding diaryl/α,β-unsaturated/α-hetero) is 1. The molecule has 2 heterocycles. The molecule has 0 spiro atoms. The largest absolute Gasteiger partial charge is 0.371 e. The normalized spacial score (nSPS) is 17.8. The molecule has 0 unspecified atom stereocenters. The van der Waals surface area contributed by atoms with E-state index in [1.54, 1.807) is 0 Å². The quantitative estimate of drug-likeness (QED) is 0.797. The third-order valence-electron chi connectivity index (χ3n) is 4.30. The van der Waals surface area contributed by atoms with E-state index in [4.69, 9.17) is 0 Å². The molecule has 3 heteroatoms. The highest BCUT2D eigenvalue weighted by atomic mass is 16.1. The van der Waals surface area contributed by atoms with Crippen LogP contribution in [-0.4, -0.2) is 23.9 Å². The van der Waals surface area contributed by atoms with Crippen molar-refractivity contribution in [3.63, 3.8) is 0 Å². The van der Waals surface area contributed by atoms with Gasteiger partial charge in [0.05, 0.1) is 0 Å². The van der Waals surface area contributed by atoms with Crippen LogP contribution in [0.15, 0.2) is 60.4 Å². The van der Waals surface area contributed by atoms with Crippen LogP contribution in [0.1, 0.15) is 35.2 Å². The summed E-state index contributed by atoms with van der Waals surface area (Å²) < 4.78 is 0. The SMILES string of the molecule is Cc1ccc(C(=O)/C2=C/CCN(c3ccncc3)CCC2)cc1. The molecule has 0 N–H and O–H groups in total. The predicted molar refractivity (Wildman–Crippen MR) is 93.9 cm³/mol. The third kappa shape index (κ3) is 3.86. The van der Waals surface area contributed by atoms with Crippen molar-refractivity contribution >= 4 is 11.5 Å². The molecule has 23 heavy (non-hydrogen) atoms. The van der Waals surface area contributed by atoms with Crippen molar-refractivity contribution in [2.75, 3.05) is 18.0 Å². The standard InChI is InChI=1S/C20H22N2O/c1-16-6-8-18(9-7-16)20(23)17-4-2-14-22(15-3-5-17)19-10-12-21-13-11-19/h4,6-13H,2-3,5,14-15H2,1H3/b17-4+. The summed E-state index contributed by atoms with van der Waals surface area (Å²) >= 11 is 0. The first-order valence-corrected chi connectivity index (χ1v) is 8.19. The maximum atomic E-state index is 12.6. The van der Waals surface area contributed by atoms with Gasteiger partial charge in [0.15, 0.2) is 5.78 Å². The Morgan fingerprint density at radius 2 is 1.78 bits per heavy atom. The zero-order chi connectivity index (χ0) is 16.1. The van der Waals surface area contributed by atoms with Crippen molar-refractivity contribution in [3.8, 4) is 0 Å². The van der Waals surface area contributed by atoms with Crippen molar-refractivity contribution in [3.05, 3.63) is 71.6 Å². The van der Waals surface area contributed by atoms with Crippen LogP contribution in [0, 0.1) is 6.92 Å². The maximum Gasteiger partial charge on any atom is 0.188 e. The Kier molecular flexibility index (Phi) is 4.86. The van der Waals surface area contributed by atoms with Crippen LogP contribution in [-0.2, 0) is 0 Å². The van der Waals surface area contributed by atoms with E-state index < -0.39 is 0 Å². The first-order chi connectivity index (χ1) is 11.2. The summed E-state index contributed by atoms with van der Waals surface area (Å²) in [6.45, 7) is 3.95. The van der Waals surface area contributed by atoms with Crippen molar-refractivity contribution < 1.29 is 4.79 Å². The molecule has 1 aromatic carbocycles. The van der Waals surface area contributed by atoms with Crippen LogP contribution in [0.5, 0.6) is 0 Å². The second kappa shape index (κ2) is 7.23. The Morgan fingerprint density at radius 3 is 2.52 bits per heavy atom. The molecule has 1 aliphatic heterocycles. The Hall–Kier alpha value is -2.42. The second-order valence-electron chi connectivity index (χ2n) is 6.01. The van der Waals surface area contributed by atoms with Crippen LogP contribution < -0.4 is 4.90 Å². The number of carbonyl (C=O) groups is 1. The smallest absolute Gasteiger partial charge is 0.188 e. The summed E-state index contributed by atoms with van der Waals surface area (Å²) in [6, 6.07) is 12.0. The number of pyridine rings is 1. The van der Waals surface area contributed by atoms with Crippen LogP contribution in [0.2, 0.25) is 0 Å². The van der Waals surface area contributed by atoms with Crippen molar-refractivity contribution in [2.45, 2.75) is 26.2 Å². The minimum Gasteiger partial charge on any atom is -0.371 e. The zero-order valence-electron chi connectivity index (χ0n) is 13.5. The first-order valence-electron chi connectivity index (χ1n) is 8.19. The summed E-state index contributed by atoms with van der Waals surface area (Å²) in [6.07, 6.45) is 8.51. The van der Waals surface area contributed by atoms with Crippen LogP contribution in [0.4, 0.5) is 5.69 Å².